The van der Waals surface area contributed by atoms with E-state index >= 15 is 0 Å². The van der Waals surface area contributed by atoms with Crippen molar-refractivity contribution < 1.29 is 9.66 Å². The fraction of sp³-hybridized carbons (Fsp3) is 0.308. The van der Waals surface area contributed by atoms with Crippen LogP contribution in [0.4, 0.5) is 5.69 Å². The van der Waals surface area contributed by atoms with Crippen LogP contribution in [0.1, 0.15) is 11.3 Å². The molecule has 0 aliphatic carbocycles. The van der Waals surface area contributed by atoms with Crippen molar-refractivity contribution >= 4 is 5.69 Å². The second-order valence-corrected chi connectivity index (χ2v) is 4.30. The first-order chi connectivity index (χ1) is 9.61. The normalized spacial score (nSPS) is 10.5. The predicted molar refractivity (Wildman–Crippen MR) is 73.4 cm³/mol. The highest BCUT2D eigenvalue weighted by atomic mass is 16.6. The SMILES string of the molecule is Cn1nccc1CCOc1ccc([N+](=O)[O-])cc1CN. The maximum Gasteiger partial charge on any atom is 0.270 e. The quantitative estimate of drug-likeness (QED) is 0.635. The molecule has 20 heavy (non-hydrogen) atoms. The number of aromatic nitrogens is 2. The summed E-state index contributed by atoms with van der Waals surface area (Å²) in [7, 11) is 1.87. The first-order valence-electron chi connectivity index (χ1n) is 6.19. The van der Waals surface area contributed by atoms with Crippen LogP contribution in [0, 0.1) is 10.1 Å². The lowest BCUT2D eigenvalue weighted by atomic mass is 10.2. The third-order valence-corrected chi connectivity index (χ3v) is 3.01. The van der Waals surface area contributed by atoms with Crippen LogP contribution >= 0.6 is 0 Å². The molecule has 1 aromatic carbocycles. The molecule has 0 fully saturated rings. The molecule has 106 valence electrons. The van der Waals surface area contributed by atoms with Crippen molar-refractivity contribution in [2.45, 2.75) is 13.0 Å². The van der Waals surface area contributed by atoms with Gasteiger partial charge in [-0.2, -0.15) is 5.10 Å². The van der Waals surface area contributed by atoms with Gasteiger partial charge in [0.25, 0.3) is 5.69 Å². The van der Waals surface area contributed by atoms with E-state index in [0.29, 0.717) is 24.3 Å². The fourth-order valence-electron chi connectivity index (χ4n) is 1.89. The largest absolute Gasteiger partial charge is 0.493 e. The molecule has 0 bridgehead atoms. The Balaban J connectivity index is 2.02. The number of non-ortho nitro benzene ring substituents is 1. The van der Waals surface area contributed by atoms with Crippen LogP contribution in [0.15, 0.2) is 30.5 Å². The molecule has 0 saturated heterocycles. The molecule has 0 unspecified atom stereocenters. The van der Waals surface area contributed by atoms with Crippen molar-refractivity contribution in [3.8, 4) is 5.75 Å². The van der Waals surface area contributed by atoms with Gasteiger partial charge in [-0.05, 0) is 12.1 Å². The van der Waals surface area contributed by atoms with E-state index < -0.39 is 4.92 Å². The number of nitro benzene ring substituents is 1. The van der Waals surface area contributed by atoms with E-state index in [2.05, 4.69) is 5.10 Å². The average Bonchev–Trinajstić information content (AvgIpc) is 2.84. The van der Waals surface area contributed by atoms with Crippen LogP contribution in [0.2, 0.25) is 0 Å². The lowest BCUT2D eigenvalue weighted by Gasteiger charge is -2.10. The van der Waals surface area contributed by atoms with Gasteiger partial charge in [0.2, 0.25) is 0 Å². The van der Waals surface area contributed by atoms with Gasteiger partial charge in [-0.1, -0.05) is 0 Å². The number of hydrogen-bond donors (Lipinski definition) is 1. The standard InChI is InChI=1S/C13H16N4O3/c1-16-11(4-6-15-16)5-7-20-13-3-2-12(17(18)19)8-10(13)9-14/h2-4,6,8H,5,7,9,14H2,1H3. The summed E-state index contributed by atoms with van der Waals surface area (Å²) >= 11 is 0. The van der Waals surface area contributed by atoms with Crippen LogP contribution in [0.25, 0.3) is 0 Å². The van der Waals surface area contributed by atoms with E-state index in [1.807, 2.05) is 13.1 Å². The Labute approximate surface area is 116 Å². The monoisotopic (exact) mass is 276 g/mol. The molecular formula is C13H16N4O3. The van der Waals surface area contributed by atoms with E-state index in [-0.39, 0.29) is 12.2 Å². The van der Waals surface area contributed by atoms with Crippen molar-refractivity contribution in [1.29, 1.82) is 0 Å². The number of benzene rings is 1. The summed E-state index contributed by atoms with van der Waals surface area (Å²) < 4.78 is 7.43. The number of hydrogen-bond acceptors (Lipinski definition) is 5. The summed E-state index contributed by atoms with van der Waals surface area (Å²) in [6.07, 6.45) is 2.43. The Morgan fingerprint density at radius 2 is 2.25 bits per heavy atom. The molecule has 0 aliphatic rings. The highest BCUT2D eigenvalue weighted by Crippen LogP contribution is 2.23. The molecule has 7 heteroatoms. The lowest BCUT2D eigenvalue weighted by molar-refractivity contribution is -0.384. The third kappa shape index (κ3) is 3.12. The summed E-state index contributed by atoms with van der Waals surface area (Å²) in [6, 6.07) is 6.37. The summed E-state index contributed by atoms with van der Waals surface area (Å²) in [5.41, 5.74) is 7.30. The third-order valence-electron chi connectivity index (χ3n) is 3.01. The van der Waals surface area contributed by atoms with E-state index in [4.69, 9.17) is 10.5 Å². The summed E-state index contributed by atoms with van der Waals surface area (Å²) in [4.78, 5) is 10.3. The Morgan fingerprint density at radius 3 is 2.85 bits per heavy atom. The molecule has 0 saturated carbocycles. The van der Waals surface area contributed by atoms with Crippen LogP contribution < -0.4 is 10.5 Å². The Hall–Kier alpha value is -2.41. The molecule has 0 aliphatic heterocycles. The molecule has 0 spiro atoms. The molecule has 7 nitrogen and oxygen atoms in total. The van der Waals surface area contributed by atoms with Crippen molar-refractivity contribution in [2.24, 2.45) is 12.8 Å². The minimum Gasteiger partial charge on any atom is -0.493 e. The number of rotatable bonds is 6. The number of ether oxygens (including phenoxy) is 1. The topological polar surface area (TPSA) is 96.2 Å². The second kappa shape index (κ2) is 6.16. The summed E-state index contributed by atoms with van der Waals surface area (Å²) in [5, 5.41) is 14.8. The highest BCUT2D eigenvalue weighted by Gasteiger charge is 2.11. The molecular weight excluding hydrogens is 260 g/mol. The van der Waals surface area contributed by atoms with E-state index in [9.17, 15) is 10.1 Å². The molecule has 2 N–H and O–H groups in total. The van der Waals surface area contributed by atoms with Crippen molar-refractivity contribution in [3.63, 3.8) is 0 Å². The van der Waals surface area contributed by atoms with Gasteiger partial charge in [-0.3, -0.25) is 14.8 Å². The summed E-state index contributed by atoms with van der Waals surface area (Å²) in [6.45, 7) is 0.660. The lowest BCUT2D eigenvalue weighted by Crippen LogP contribution is -2.08. The van der Waals surface area contributed by atoms with Crippen LogP contribution in [0.5, 0.6) is 5.75 Å². The van der Waals surface area contributed by atoms with E-state index in [1.54, 1.807) is 16.9 Å². The van der Waals surface area contributed by atoms with Gasteiger partial charge in [0.15, 0.2) is 0 Å². The zero-order valence-electron chi connectivity index (χ0n) is 11.2. The Kier molecular flexibility index (Phi) is 4.31. The minimum atomic E-state index is -0.446. The van der Waals surface area contributed by atoms with Gasteiger partial charge < -0.3 is 10.5 Å². The minimum absolute atomic E-state index is 0.0180. The van der Waals surface area contributed by atoms with E-state index in [1.165, 1.54) is 12.1 Å². The Morgan fingerprint density at radius 1 is 1.45 bits per heavy atom. The molecule has 1 heterocycles. The van der Waals surface area contributed by atoms with Gasteiger partial charge in [-0.15, -0.1) is 0 Å². The van der Waals surface area contributed by atoms with Crippen LogP contribution in [-0.4, -0.2) is 21.3 Å². The summed E-state index contributed by atoms with van der Waals surface area (Å²) in [5.74, 6) is 0.584. The average molecular weight is 276 g/mol. The molecule has 1 aromatic heterocycles. The molecule has 0 amide bonds. The highest BCUT2D eigenvalue weighted by molar-refractivity contribution is 5.43. The maximum absolute atomic E-state index is 10.7. The first-order valence-corrected chi connectivity index (χ1v) is 6.19. The fourth-order valence-corrected chi connectivity index (χ4v) is 1.89. The molecule has 0 radical (unpaired) electrons. The predicted octanol–water partition coefficient (Wildman–Crippen LogP) is 1.41. The van der Waals surface area contributed by atoms with Crippen LogP contribution in [-0.2, 0) is 20.0 Å². The van der Waals surface area contributed by atoms with Gasteiger partial charge in [0.05, 0.1) is 11.5 Å². The van der Waals surface area contributed by atoms with Crippen molar-refractivity contribution in [3.05, 3.63) is 51.8 Å². The molecule has 0 atom stereocenters. The van der Waals surface area contributed by atoms with E-state index in [0.717, 1.165) is 5.69 Å². The van der Waals surface area contributed by atoms with Gasteiger partial charge in [0.1, 0.15) is 5.75 Å². The van der Waals surface area contributed by atoms with Crippen molar-refractivity contribution in [1.82, 2.24) is 9.78 Å². The Bertz CT molecular complexity index is 609. The van der Waals surface area contributed by atoms with Crippen LogP contribution in [0.3, 0.4) is 0 Å². The molecule has 2 rings (SSSR count). The smallest absolute Gasteiger partial charge is 0.270 e. The van der Waals surface area contributed by atoms with Gasteiger partial charge in [0, 0.05) is 49.6 Å². The molecule has 2 aromatic rings. The number of nitrogens with two attached hydrogens (primary N) is 1. The first kappa shape index (κ1) is 14.0. The number of aryl methyl sites for hydroxylation is 1. The second-order valence-electron chi connectivity index (χ2n) is 4.30. The number of nitrogens with zero attached hydrogens (tertiary/aromatic N) is 3. The zero-order valence-corrected chi connectivity index (χ0v) is 11.2. The zero-order chi connectivity index (χ0) is 14.5. The maximum atomic E-state index is 10.7. The van der Waals surface area contributed by atoms with Crippen molar-refractivity contribution in [2.75, 3.05) is 6.61 Å². The number of nitro groups is 1. The van der Waals surface area contributed by atoms with Gasteiger partial charge >= 0.3 is 0 Å². The van der Waals surface area contributed by atoms with Gasteiger partial charge in [-0.25, -0.2) is 0 Å².